The number of aromatic nitrogens is 2. The van der Waals surface area contributed by atoms with E-state index in [-0.39, 0.29) is 6.10 Å². The lowest BCUT2D eigenvalue weighted by atomic mass is 10.1. The van der Waals surface area contributed by atoms with E-state index in [1.807, 2.05) is 30.3 Å². The van der Waals surface area contributed by atoms with Crippen molar-refractivity contribution in [3.8, 4) is 0 Å². The molecule has 0 aliphatic rings. The molecule has 2 aromatic rings. The van der Waals surface area contributed by atoms with Crippen LogP contribution in [-0.4, -0.2) is 17.1 Å². The van der Waals surface area contributed by atoms with Gasteiger partial charge in [-0.2, -0.15) is 0 Å². The summed E-state index contributed by atoms with van der Waals surface area (Å²) in [5, 5.41) is 0. The van der Waals surface area contributed by atoms with Gasteiger partial charge in [-0.15, -0.1) is 0 Å². The first-order valence-corrected chi connectivity index (χ1v) is 4.75. The highest BCUT2D eigenvalue weighted by Crippen LogP contribution is 2.22. The maximum Gasteiger partial charge on any atom is 0.126 e. The number of hydrogen-bond donors (Lipinski definition) is 0. The monoisotopic (exact) mass is 200 g/mol. The van der Waals surface area contributed by atoms with E-state index < -0.39 is 0 Å². The van der Waals surface area contributed by atoms with Crippen LogP contribution in [0.5, 0.6) is 0 Å². The zero-order valence-corrected chi connectivity index (χ0v) is 8.50. The Labute approximate surface area is 88.8 Å². The third-order valence-corrected chi connectivity index (χ3v) is 2.19. The van der Waals surface area contributed by atoms with E-state index in [1.54, 1.807) is 25.7 Å². The van der Waals surface area contributed by atoms with Crippen molar-refractivity contribution in [1.82, 2.24) is 9.97 Å². The van der Waals surface area contributed by atoms with Crippen molar-refractivity contribution in [3.05, 3.63) is 60.2 Å². The van der Waals surface area contributed by atoms with Crippen LogP contribution < -0.4 is 0 Å². The molecule has 0 saturated heterocycles. The molecule has 0 fully saturated rings. The molecule has 0 N–H and O–H groups in total. The standard InChI is InChI=1S/C12H12N2O/c1-15-12(10-5-3-2-4-6-10)11-9-13-7-8-14-11/h2-9,12H,1H3. The summed E-state index contributed by atoms with van der Waals surface area (Å²) >= 11 is 0. The van der Waals surface area contributed by atoms with Crippen LogP contribution in [0.3, 0.4) is 0 Å². The Morgan fingerprint density at radius 3 is 2.53 bits per heavy atom. The van der Waals surface area contributed by atoms with Crippen LogP contribution in [0, 0.1) is 0 Å². The summed E-state index contributed by atoms with van der Waals surface area (Å²) in [7, 11) is 1.67. The molecular weight excluding hydrogens is 188 g/mol. The highest BCUT2D eigenvalue weighted by atomic mass is 16.5. The Hall–Kier alpha value is -1.74. The van der Waals surface area contributed by atoms with Gasteiger partial charge < -0.3 is 4.74 Å². The molecule has 0 spiro atoms. The second-order valence-corrected chi connectivity index (χ2v) is 3.16. The quantitative estimate of drug-likeness (QED) is 0.762. The number of methoxy groups -OCH3 is 1. The first kappa shape index (κ1) is 9.80. The van der Waals surface area contributed by atoms with Gasteiger partial charge in [0, 0.05) is 19.5 Å². The molecule has 0 saturated carbocycles. The molecule has 3 nitrogen and oxygen atoms in total. The van der Waals surface area contributed by atoms with Gasteiger partial charge in [-0.3, -0.25) is 9.97 Å². The van der Waals surface area contributed by atoms with Crippen molar-refractivity contribution in [3.63, 3.8) is 0 Å². The first-order valence-electron chi connectivity index (χ1n) is 4.75. The molecular formula is C12H12N2O. The SMILES string of the molecule is COC(c1ccccc1)c1cnccn1. The molecule has 0 radical (unpaired) electrons. The first-order chi connectivity index (χ1) is 7.42. The number of rotatable bonds is 3. The number of hydrogen-bond acceptors (Lipinski definition) is 3. The zero-order valence-electron chi connectivity index (χ0n) is 8.50. The summed E-state index contributed by atoms with van der Waals surface area (Å²) in [5.74, 6) is 0. The van der Waals surface area contributed by atoms with Crippen molar-refractivity contribution < 1.29 is 4.74 Å². The molecule has 1 heterocycles. The van der Waals surface area contributed by atoms with E-state index >= 15 is 0 Å². The third kappa shape index (κ3) is 2.19. The predicted molar refractivity (Wildman–Crippen MR) is 57.3 cm³/mol. The molecule has 0 amide bonds. The molecule has 1 atom stereocenters. The van der Waals surface area contributed by atoms with Gasteiger partial charge in [0.1, 0.15) is 6.10 Å². The van der Waals surface area contributed by atoms with Gasteiger partial charge in [0.2, 0.25) is 0 Å². The van der Waals surface area contributed by atoms with Gasteiger partial charge in [0.25, 0.3) is 0 Å². The van der Waals surface area contributed by atoms with Crippen LogP contribution in [0.25, 0.3) is 0 Å². The molecule has 1 aromatic heterocycles. The Bertz CT molecular complexity index is 363. The lowest BCUT2D eigenvalue weighted by Gasteiger charge is -2.14. The van der Waals surface area contributed by atoms with E-state index in [0.29, 0.717) is 0 Å². The summed E-state index contributed by atoms with van der Waals surface area (Å²) in [6, 6.07) is 9.98. The largest absolute Gasteiger partial charge is 0.370 e. The average molecular weight is 200 g/mol. The summed E-state index contributed by atoms with van der Waals surface area (Å²) in [6.07, 6.45) is 4.91. The number of benzene rings is 1. The Kier molecular flexibility index (Phi) is 3.05. The fourth-order valence-electron chi connectivity index (χ4n) is 1.50. The van der Waals surface area contributed by atoms with Crippen molar-refractivity contribution in [1.29, 1.82) is 0 Å². The average Bonchev–Trinajstić information content (AvgIpc) is 2.33. The van der Waals surface area contributed by atoms with Crippen LogP contribution in [-0.2, 0) is 4.74 Å². The molecule has 76 valence electrons. The van der Waals surface area contributed by atoms with Gasteiger partial charge in [-0.25, -0.2) is 0 Å². The second kappa shape index (κ2) is 4.66. The van der Waals surface area contributed by atoms with Gasteiger partial charge in [-0.1, -0.05) is 30.3 Å². The van der Waals surface area contributed by atoms with Crippen molar-refractivity contribution in [2.24, 2.45) is 0 Å². The fourth-order valence-corrected chi connectivity index (χ4v) is 1.50. The molecule has 0 bridgehead atoms. The minimum Gasteiger partial charge on any atom is -0.370 e. The molecule has 2 rings (SSSR count). The Morgan fingerprint density at radius 1 is 1.13 bits per heavy atom. The lowest BCUT2D eigenvalue weighted by Crippen LogP contribution is -2.05. The van der Waals surface area contributed by atoms with E-state index in [0.717, 1.165) is 11.3 Å². The smallest absolute Gasteiger partial charge is 0.126 e. The van der Waals surface area contributed by atoms with E-state index in [4.69, 9.17) is 4.74 Å². The topological polar surface area (TPSA) is 35.0 Å². The Balaban J connectivity index is 2.34. The van der Waals surface area contributed by atoms with E-state index in [9.17, 15) is 0 Å². The van der Waals surface area contributed by atoms with Gasteiger partial charge >= 0.3 is 0 Å². The fraction of sp³-hybridized carbons (Fsp3) is 0.167. The van der Waals surface area contributed by atoms with E-state index in [2.05, 4.69) is 9.97 Å². The normalized spacial score (nSPS) is 12.3. The van der Waals surface area contributed by atoms with Gasteiger partial charge in [0.15, 0.2) is 0 Å². The minimum absolute atomic E-state index is 0.139. The zero-order chi connectivity index (χ0) is 10.5. The summed E-state index contributed by atoms with van der Waals surface area (Å²) < 4.78 is 5.42. The van der Waals surface area contributed by atoms with Crippen LogP contribution in [0.15, 0.2) is 48.9 Å². The predicted octanol–water partition coefficient (Wildman–Crippen LogP) is 2.21. The van der Waals surface area contributed by atoms with Crippen LogP contribution in [0.1, 0.15) is 17.4 Å². The summed E-state index contributed by atoms with van der Waals surface area (Å²) in [5.41, 5.74) is 1.91. The summed E-state index contributed by atoms with van der Waals surface area (Å²) in [4.78, 5) is 8.28. The van der Waals surface area contributed by atoms with Gasteiger partial charge in [0.05, 0.1) is 11.9 Å². The lowest BCUT2D eigenvalue weighted by molar-refractivity contribution is 0.132. The number of ether oxygens (including phenoxy) is 1. The highest BCUT2D eigenvalue weighted by molar-refractivity contribution is 5.24. The van der Waals surface area contributed by atoms with Crippen LogP contribution in [0.4, 0.5) is 0 Å². The Morgan fingerprint density at radius 2 is 1.93 bits per heavy atom. The molecule has 3 heteroatoms. The van der Waals surface area contributed by atoms with Crippen molar-refractivity contribution in [2.75, 3.05) is 7.11 Å². The van der Waals surface area contributed by atoms with Crippen molar-refractivity contribution >= 4 is 0 Å². The van der Waals surface area contributed by atoms with Crippen LogP contribution >= 0.6 is 0 Å². The van der Waals surface area contributed by atoms with E-state index in [1.165, 1.54) is 0 Å². The molecule has 1 aromatic carbocycles. The number of nitrogens with zero attached hydrogens (tertiary/aromatic N) is 2. The maximum atomic E-state index is 5.42. The third-order valence-electron chi connectivity index (χ3n) is 2.19. The van der Waals surface area contributed by atoms with Crippen LogP contribution in [0.2, 0.25) is 0 Å². The second-order valence-electron chi connectivity index (χ2n) is 3.16. The van der Waals surface area contributed by atoms with Gasteiger partial charge in [-0.05, 0) is 5.56 Å². The maximum absolute atomic E-state index is 5.42. The molecule has 0 aliphatic heterocycles. The summed E-state index contributed by atoms with van der Waals surface area (Å²) in [6.45, 7) is 0. The highest BCUT2D eigenvalue weighted by Gasteiger charge is 2.13. The molecule has 15 heavy (non-hydrogen) atoms. The van der Waals surface area contributed by atoms with Crippen molar-refractivity contribution in [2.45, 2.75) is 6.10 Å². The molecule has 0 aliphatic carbocycles. The minimum atomic E-state index is -0.139. The molecule has 1 unspecified atom stereocenters.